The predicted molar refractivity (Wildman–Crippen MR) is 45.6 cm³/mol. The number of halogens is 2. The second-order valence-electron chi connectivity index (χ2n) is 2.63. The lowest BCUT2D eigenvalue weighted by Gasteiger charge is -2.06. The maximum atomic E-state index is 12.3. The van der Waals surface area contributed by atoms with Gasteiger partial charge in [0.2, 0.25) is 5.91 Å². The summed E-state index contributed by atoms with van der Waals surface area (Å²) in [6, 6.07) is 1.18. The molecule has 6 heteroatoms. The molecular weight excluding hydrogens is 192 g/mol. The number of nitrogens with zero attached hydrogens (tertiary/aromatic N) is 1. The number of amides is 1. The molecule has 0 bridgehead atoms. The highest BCUT2D eigenvalue weighted by atomic mass is 19.3. The van der Waals surface area contributed by atoms with Crippen LogP contribution in [0.15, 0.2) is 12.3 Å². The first-order chi connectivity index (χ1) is 6.56. The first-order valence-corrected chi connectivity index (χ1v) is 3.83. The van der Waals surface area contributed by atoms with Crippen LogP contribution in [0, 0.1) is 0 Å². The van der Waals surface area contributed by atoms with E-state index in [4.69, 9.17) is 11.5 Å². The van der Waals surface area contributed by atoms with E-state index in [0.717, 1.165) is 6.20 Å². The van der Waals surface area contributed by atoms with E-state index in [1.54, 1.807) is 0 Å². The summed E-state index contributed by atoms with van der Waals surface area (Å²) in [6.45, 7) is 0.0732. The first kappa shape index (κ1) is 10.5. The molecule has 0 unspecified atom stereocenters. The van der Waals surface area contributed by atoms with Crippen molar-refractivity contribution in [3.05, 3.63) is 29.1 Å². The summed E-state index contributed by atoms with van der Waals surface area (Å²) < 4.78 is 24.7. The summed E-state index contributed by atoms with van der Waals surface area (Å²) in [5.74, 6) is -0.905. The summed E-state index contributed by atoms with van der Waals surface area (Å²) in [4.78, 5) is 14.5. The number of carbonyl (C=O) groups is 1. The molecule has 0 radical (unpaired) electrons. The Hall–Kier alpha value is -1.56. The largest absolute Gasteiger partial charge is 0.366 e. The molecule has 0 aliphatic carbocycles. The fourth-order valence-electron chi connectivity index (χ4n) is 1.01. The number of pyridine rings is 1. The van der Waals surface area contributed by atoms with Crippen LogP contribution in [0.3, 0.4) is 0 Å². The molecule has 0 fully saturated rings. The van der Waals surface area contributed by atoms with Crippen molar-refractivity contribution in [2.45, 2.75) is 13.0 Å². The lowest BCUT2D eigenvalue weighted by atomic mass is 10.1. The molecule has 1 rings (SSSR count). The highest BCUT2D eigenvalue weighted by Gasteiger charge is 2.17. The zero-order valence-corrected chi connectivity index (χ0v) is 7.21. The van der Waals surface area contributed by atoms with Crippen molar-refractivity contribution in [3.63, 3.8) is 0 Å². The molecule has 0 aliphatic heterocycles. The lowest BCUT2D eigenvalue weighted by molar-refractivity contribution is 0.0985. The van der Waals surface area contributed by atoms with Crippen molar-refractivity contribution < 1.29 is 13.6 Å². The molecule has 1 amide bonds. The van der Waals surface area contributed by atoms with E-state index in [9.17, 15) is 13.6 Å². The van der Waals surface area contributed by atoms with Crippen LogP contribution < -0.4 is 11.5 Å². The van der Waals surface area contributed by atoms with E-state index < -0.39 is 17.9 Å². The third kappa shape index (κ3) is 2.02. The maximum Gasteiger partial charge on any atom is 0.266 e. The van der Waals surface area contributed by atoms with Crippen molar-refractivity contribution in [1.82, 2.24) is 4.98 Å². The smallest absolute Gasteiger partial charge is 0.266 e. The minimum absolute atomic E-state index is 0.0732. The Kier molecular flexibility index (Phi) is 3.08. The number of hydrogen-bond acceptors (Lipinski definition) is 3. The van der Waals surface area contributed by atoms with Gasteiger partial charge in [-0.2, -0.15) is 0 Å². The van der Waals surface area contributed by atoms with Gasteiger partial charge >= 0.3 is 0 Å². The second kappa shape index (κ2) is 4.10. The molecule has 1 aromatic rings. The fourth-order valence-corrected chi connectivity index (χ4v) is 1.01. The quantitative estimate of drug-likeness (QED) is 0.750. The van der Waals surface area contributed by atoms with E-state index in [-0.39, 0.29) is 12.1 Å². The average Bonchev–Trinajstić information content (AvgIpc) is 2.16. The maximum absolute atomic E-state index is 12.3. The first-order valence-electron chi connectivity index (χ1n) is 3.83. The van der Waals surface area contributed by atoms with Crippen LogP contribution in [-0.2, 0) is 6.54 Å². The van der Waals surface area contributed by atoms with Gasteiger partial charge in [-0.3, -0.25) is 9.78 Å². The number of alkyl halides is 2. The van der Waals surface area contributed by atoms with Crippen LogP contribution >= 0.6 is 0 Å². The molecule has 14 heavy (non-hydrogen) atoms. The molecule has 4 nitrogen and oxygen atoms in total. The molecular formula is C8H9F2N3O. The molecule has 0 aliphatic rings. The van der Waals surface area contributed by atoms with Gasteiger partial charge in [0.1, 0.15) is 0 Å². The molecule has 0 aromatic carbocycles. The van der Waals surface area contributed by atoms with Gasteiger partial charge in [-0.25, -0.2) is 8.78 Å². The molecule has 1 heterocycles. The monoisotopic (exact) mass is 201 g/mol. The molecule has 0 spiro atoms. The normalized spacial score (nSPS) is 10.6. The number of nitrogens with two attached hydrogens (primary N) is 2. The highest BCUT2D eigenvalue weighted by Crippen LogP contribution is 2.22. The van der Waals surface area contributed by atoms with Crippen molar-refractivity contribution in [3.8, 4) is 0 Å². The SMILES string of the molecule is NCc1cc(C(N)=O)c(C(F)F)cn1. The highest BCUT2D eigenvalue weighted by molar-refractivity contribution is 5.94. The van der Waals surface area contributed by atoms with Gasteiger partial charge in [-0.1, -0.05) is 0 Å². The Morgan fingerprint density at radius 2 is 2.21 bits per heavy atom. The van der Waals surface area contributed by atoms with Gasteiger partial charge in [0, 0.05) is 18.3 Å². The minimum Gasteiger partial charge on any atom is -0.366 e. The van der Waals surface area contributed by atoms with Crippen LogP contribution in [0.5, 0.6) is 0 Å². The topological polar surface area (TPSA) is 82.0 Å². The Morgan fingerprint density at radius 3 is 2.64 bits per heavy atom. The van der Waals surface area contributed by atoms with Gasteiger partial charge in [-0.05, 0) is 6.07 Å². The number of rotatable bonds is 3. The van der Waals surface area contributed by atoms with Gasteiger partial charge in [0.05, 0.1) is 11.3 Å². The number of aromatic nitrogens is 1. The second-order valence-corrected chi connectivity index (χ2v) is 2.63. The van der Waals surface area contributed by atoms with Gasteiger partial charge in [0.15, 0.2) is 0 Å². The van der Waals surface area contributed by atoms with E-state index >= 15 is 0 Å². The van der Waals surface area contributed by atoms with Gasteiger partial charge in [-0.15, -0.1) is 0 Å². The molecule has 76 valence electrons. The number of primary amides is 1. The zero-order valence-electron chi connectivity index (χ0n) is 7.21. The van der Waals surface area contributed by atoms with E-state index in [2.05, 4.69) is 4.98 Å². The van der Waals surface area contributed by atoms with E-state index in [0.29, 0.717) is 5.69 Å². The molecule has 0 atom stereocenters. The summed E-state index contributed by atoms with van der Waals surface area (Å²) in [5.41, 5.74) is 9.84. The fraction of sp³-hybridized carbons (Fsp3) is 0.250. The van der Waals surface area contributed by atoms with Crippen LogP contribution in [0.4, 0.5) is 8.78 Å². The van der Waals surface area contributed by atoms with Gasteiger partial charge < -0.3 is 11.5 Å². The third-order valence-electron chi connectivity index (χ3n) is 1.70. The van der Waals surface area contributed by atoms with Crippen molar-refractivity contribution in [2.75, 3.05) is 0 Å². The van der Waals surface area contributed by atoms with E-state index in [1.807, 2.05) is 0 Å². The lowest BCUT2D eigenvalue weighted by Crippen LogP contribution is -2.16. The molecule has 0 saturated heterocycles. The van der Waals surface area contributed by atoms with Crippen molar-refractivity contribution in [2.24, 2.45) is 11.5 Å². The Bertz CT molecular complexity index is 354. The third-order valence-corrected chi connectivity index (χ3v) is 1.70. The van der Waals surface area contributed by atoms with Crippen molar-refractivity contribution >= 4 is 5.91 Å². The summed E-state index contributed by atoms with van der Waals surface area (Å²) >= 11 is 0. The van der Waals surface area contributed by atoms with Crippen LogP contribution in [-0.4, -0.2) is 10.9 Å². The predicted octanol–water partition coefficient (Wildman–Crippen LogP) is 0.577. The van der Waals surface area contributed by atoms with Crippen LogP contribution in [0.1, 0.15) is 28.0 Å². The molecule has 0 saturated carbocycles. The summed E-state index contributed by atoms with van der Waals surface area (Å²) in [5, 5.41) is 0. The summed E-state index contributed by atoms with van der Waals surface area (Å²) in [6.07, 6.45) is -1.84. The Labute approximate surface area is 78.9 Å². The Morgan fingerprint density at radius 1 is 1.57 bits per heavy atom. The average molecular weight is 201 g/mol. The summed E-state index contributed by atoms with van der Waals surface area (Å²) in [7, 11) is 0. The minimum atomic E-state index is -2.77. The molecule has 4 N–H and O–H groups in total. The number of carbonyl (C=O) groups excluding carboxylic acids is 1. The van der Waals surface area contributed by atoms with Gasteiger partial charge in [0.25, 0.3) is 6.43 Å². The van der Waals surface area contributed by atoms with E-state index in [1.165, 1.54) is 6.07 Å². The van der Waals surface area contributed by atoms with Crippen molar-refractivity contribution in [1.29, 1.82) is 0 Å². The van der Waals surface area contributed by atoms with Crippen LogP contribution in [0.2, 0.25) is 0 Å². The molecule has 1 aromatic heterocycles. The zero-order chi connectivity index (χ0) is 10.7. The van der Waals surface area contributed by atoms with Crippen LogP contribution in [0.25, 0.3) is 0 Å². The standard InChI is InChI=1S/C8H9F2N3O/c9-7(10)6-3-13-4(2-11)1-5(6)8(12)14/h1,3,7H,2,11H2,(H2,12,14). The number of hydrogen-bond donors (Lipinski definition) is 2. The Balaban J connectivity index is 3.24.